The average molecular weight is 405 g/mol. The lowest BCUT2D eigenvalue weighted by Crippen LogP contribution is -2.42. The fraction of sp³-hybridized carbons (Fsp3) is 0.381. The van der Waals surface area contributed by atoms with Crippen molar-refractivity contribution >= 4 is 15.9 Å². The smallest absolute Gasteiger partial charge is 0.251 e. The molecule has 1 saturated heterocycles. The summed E-state index contributed by atoms with van der Waals surface area (Å²) in [5.41, 5.74) is 1.32. The molecule has 0 saturated carbocycles. The van der Waals surface area contributed by atoms with Crippen molar-refractivity contribution in [2.24, 2.45) is 0 Å². The summed E-state index contributed by atoms with van der Waals surface area (Å²) >= 11 is 0. The van der Waals surface area contributed by atoms with Gasteiger partial charge in [0.15, 0.2) is 0 Å². The molecule has 0 radical (unpaired) electrons. The number of rotatable bonds is 5. The van der Waals surface area contributed by atoms with Crippen LogP contribution >= 0.6 is 0 Å². The maximum Gasteiger partial charge on any atom is 0.251 e. The van der Waals surface area contributed by atoms with Gasteiger partial charge < -0.3 is 5.32 Å². The predicted octanol–water partition coefficient (Wildman–Crippen LogP) is 3.63. The number of amides is 1. The number of aryl methyl sites for hydroxylation is 1. The molecule has 0 aliphatic carbocycles. The Morgan fingerprint density at radius 1 is 1.21 bits per heavy atom. The normalized spacial score (nSPS) is 18.0. The number of carbonyl (C=O) groups excluding carboxylic acids is 1. The van der Waals surface area contributed by atoms with Gasteiger partial charge in [0.25, 0.3) is 5.91 Å². The van der Waals surface area contributed by atoms with Gasteiger partial charge in [-0.25, -0.2) is 12.8 Å². The van der Waals surface area contributed by atoms with E-state index in [0.29, 0.717) is 17.7 Å². The standard InChI is InChI=1S/C21H25FN2O3S/c1-15-10-11-18(28(26,27)24-12-6-5-7-16(24)2)13-19(15)21(25)23-14-17-8-3-4-9-20(17)22/h3-4,8-11,13,16H,5-7,12,14H2,1-2H3,(H,23,25). The van der Waals surface area contributed by atoms with Crippen molar-refractivity contribution in [1.82, 2.24) is 9.62 Å². The van der Waals surface area contributed by atoms with Gasteiger partial charge in [-0.15, -0.1) is 0 Å². The first-order valence-electron chi connectivity index (χ1n) is 9.45. The third kappa shape index (κ3) is 4.25. The van der Waals surface area contributed by atoms with Crippen molar-refractivity contribution in [2.45, 2.75) is 50.6 Å². The second-order valence-electron chi connectivity index (χ2n) is 7.21. The molecule has 150 valence electrons. The summed E-state index contributed by atoms with van der Waals surface area (Å²) in [6.45, 7) is 4.18. The van der Waals surface area contributed by atoms with Crippen LogP contribution in [0.2, 0.25) is 0 Å². The Labute approximate surface area is 165 Å². The van der Waals surface area contributed by atoms with Crippen molar-refractivity contribution in [3.8, 4) is 0 Å². The van der Waals surface area contributed by atoms with Crippen LogP contribution in [0.1, 0.15) is 47.7 Å². The van der Waals surface area contributed by atoms with Crippen LogP contribution in [0.15, 0.2) is 47.4 Å². The third-order valence-corrected chi connectivity index (χ3v) is 7.21. The van der Waals surface area contributed by atoms with Crippen LogP contribution in [0.25, 0.3) is 0 Å². The second kappa shape index (κ2) is 8.41. The molecule has 2 aromatic rings. The molecule has 7 heteroatoms. The highest BCUT2D eigenvalue weighted by atomic mass is 32.2. The zero-order valence-electron chi connectivity index (χ0n) is 16.1. The molecule has 1 heterocycles. The van der Waals surface area contributed by atoms with E-state index in [1.807, 2.05) is 6.92 Å². The number of halogens is 1. The fourth-order valence-electron chi connectivity index (χ4n) is 3.48. The molecule has 1 aliphatic heterocycles. The van der Waals surface area contributed by atoms with Crippen molar-refractivity contribution in [3.63, 3.8) is 0 Å². The summed E-state index contributed by atoms with van der Waals surface area (Å²) in [7, 11) is -3.66. The predicted molar refractivity (Wildman–Crippen MR) is 106 cm³/mol. The van der Waals surface area contributed by atoms with Crippen molar-refractivity contribution in [3.05, 3.63) is 65.0 Å². The highest BCUT2D eigenvalue weighted by molar-refractivity contribution is 7.89. The molecule has 1 unspecified atom stereocenters. The fourth-order valence-corrected chi connectivity index (χ4v) is 5.21. The molecule has 1 amide bonds. The molecule has 0 aromatic heterocycles. The van der Waals surface area contributed by atoms with Gasteiger partial charge in [-0.1, -0.05) is 30.7 Å². The molecule has 1 N–H and O–H groups in total. The molecule has 3 rings (SSSR count). The lowest BCUT2D eigenvalue weighted by atomic mass is 10.1. The van der Waals surface area contributed by atoms with Crippen LogP contribution in [0, 0.1) is 12.7 Å². The van der Waals surface area contributed by atoms with Gasteiger partial charge >= 0.3 is 0 Å². The monoisotopic (exact) mass is 404 g/mol. The molecule has 0 bridgehead atoms. The number of nitrogens with zero attached hydrogens (tertiary/aromatic N) is 1. The van der Waals surface area contributed by atoms with Crippen LogP contribution in [-0.4, -0.2) is 31.2 Å². The SMILES string of the molecule is Cc1ccc(S(=O)(=O)N2CCCCC2C)cc1C(=O)NCc1ccccc1F. The van der Waals surface area contributed by atoms with Gasteiger partial charge in [0.05, 0.1) is 4.90 Å². The van der Waals surface area contributed by atoms with Gasteiger partial charge in [-0.3, -0.25) is 4.79 Å². The summed E-state index contributed by atoms with van der Waals surface area (Å²) in [6.07, 6.45) is 2.69. The van der Waals surface area contributed by atoms with Gasteiger partial charge in [0, 0.05) is 30.3 Å². The number of carbonyl (C=O) groups is 1. The Kier molecular flexibility index (Phi) is 6.15. The highest BCUT2D eigenvalue weighted by Gasteiger charge is 2.31. The van der Waals surface area contributed by atoms with Crippen LogP contribution in [0.5, 0.6) is 0 Å². The molecule has 1 atom stereocenters. The largest absolute Gasteiger partial charge is 0.348 e. The van der Waals surface area contributed by atoms with Crippen molar-refractivity contribution < 1.29 is 17.6 Å². The van der Waals surface area contributed by atoms with Crippen molar-refractivity contribution in [2.75, 3.05) is 6.54 Å². The molecule has 1 fully saturated rings. The Bertz CT molecular complexity index is 975. The van der Waals surface area contributed by atoms with E-state index in [4.69, 9.17) is 0 Å². The molecule has 5 nitrogen and oxygen atoms in total. The molecular formula is C21H25FN2O3S. The van der Waals surface area contributed by atoms with E-state index >= 15 is 0 Å². The highest BCUT2D eigenvalue weighted by Crippen LogP contribution is 2.26. The first-order valence-corrected chi connectivity index (χ1v) is 10.9. The zero-order chi connectivity index (χ0) is 20.3. The van der Waals surface area contributed by atoms with Crippen LogP contribution < -0.4 is 5.32 Å². The molecule has 1 aliphatic rings. The van der Waals surface area contributed by atoms with Crippen LogP contribution in [-0.2, 0) is 16.6 Å². The number of nitrogens with one attached hydrogen (secondary N) is 1. The van der Waals surface area contributed by atoms with E-state index in [-0.39, 0.29) is 23.0 Å². The summed E-state index contributed by atoms with van der Waals surface area (Å²) in [4.78, 5) is 12.7. The first kappa shape index (κ1) is 20.5. The molecule has 2 aromatic carbocycles. The molecular weight excluding hydrogens is 379 g/mol. The number of piperidine rings is 1. The first-order chi connectivity index (χ1) is 13.3. The van der Waals surface area contributed by atoms with Gasteiger partial charge in [-0.05, 0) is 50.5 Å². The molecule has 0 spiro atoms. The van der Waals surface area contributed by atoms with Gasteiger partial charge in [-0.2, -0.15) is 4.31 Å². The van der Waals surface area contributed by atoms with E-state index in [1.54, 1.807) is 37.3 Å². The Morgan fingerprint density at radius 3 is 2.68 bits per heavy atom. The van der Waals surface area contributed by atoms with Gasteiger partial charge in [0.1, 0.15) is 5.82 Å². The summed E-state index contributed by atoms with van der Waals surface area (Å²) in [5.74, 6) is -0.820. The minimum atomic E-state index is -3.66. The van der Waals surface area contributed by atoms with E-state index in [1.165, 1.54) is 16.4 Å². The Hall–Kier alpha value is -2.25. The number of benzene rings is 2. The number of hydrogen-bond acceptors (Lipinski definition) is 3. The minimum absolute atomic E-state index is 0.0328. The van der Waals surface area contributed by atoms with Crippen LogP contribution in [0.3, 0.4) is 0 Å². The Morgan fingerprint density at radius 2 is 1.96 bits per heavy atom. The van der Waals surface area contributed by atoms with E-state index in [2.05, 4.69) is 5.32 Å². The van der Waals surface area contributed by atoms with E-state index in [0.717, 1.165) is 19.3 Å². The topological polar surface area (TPSA) is 66.5 Å². The Balaban J connectivity index is 1.83. The van der Waals surface area contributed by atoms with Crippen LogP contribution in [0.4, 0.5) is 4.39 Å². The van der Waals surface area contributed by atoms with Crippen molar-refractivity contribution in [1.29, 1.82) is 0 Å². The number of sulfonamides is 1. The summed E-state index contributed by atoms with van der Waals surface area (Å²) in [6, 6.07) is 10.8. The lowest BCUT2D eigenvalue weighted by Gasteiger charge is -2.32. The maximum absolute atomic E-state index is 13.7. The minimum Gasteiger partial charge on any atom is -0.348 e. The number of hydrogen-bond donors (Lipinski definition) is 1. The van der Waals surface area contributed by atoms with Gasteiger partial charge in [0.2, 0.25) is 10.0 Å². The third-order valence-electron chi connectivity index (χ3n) is 5.20. The molecule has 28 heavy (non-hydrogen) atoms. The summed E-state index contributed by atoms with van der Waals surface area (Å²) < 4.78 is 41.4. The lowest BCUT2D eigenvalue weighted by molar-refractivity contribution is 0.0949. The van der Waals surface area contributed by atoms with E-state index in [9.17, 15) is 17.6 Å². The zero-order valence-corrected chi connectivity index (χ0v) is 16.9. The average Bonchev–Trinajstić information content (AvgIpc) is 2.67. The van der Waals surface area contributed by atoms with E-state index < -0.39 is 21.7 Å². The quantitative estimate of drug-likeness (QED) is 0.828. The second-order valence-corrected chi connectivity index (χ2v) is 9.10. The maximum atomic E-state index is 13.7. The summed E-state index contributed by atoms with van der Waals surface area (Å²) in [5, 5.41) is 2.68.